The molecule has 26 heavy (non-hydrogen) atoms. The summed E-state index contributed by atoms with van der Waals surface area (Å²) in [5.74, 6) is 0.925. The van der Waals surface area contributed by atoms with E-state index >= 15 is 0 Å². The van der Waals surface area contributed by atoms with E-state index in [9.17, 15) is 0 Å². The molecule has 2 bridgehead atoms. The third kappa shape index (κ3) is 5.45. The zero-order valence-corrected chi connectivity index (χ0v) is 19.5. The van der Waals surface area contributed by atoms with Crippen LogP contribution in [0.5, 0.6) is 0 Å². The molecule has 0 spiro atoms. The number of piperidine rings is 2. The molecule has 3 heterocycles. The third-order valence-electron chi connectivity index (χ3n) is 5.35. The molecule has 0 aliphatic carbocycles. The number of fused-ring (bicyclic) bond motifs is 2. The number of rotatable bonds is 5. The van der Waals surface area contributed by atoms with Gasteiger partial charge in [-0.05, 0) is 39.7 Å². The van der Waals surface area contributed by atoms with Gasteiger partial charge in [0.05, 0.1) is 12.2 Å². The maximum absolute atomic E-state index is 4.77. The number of hydrogen-bond donors (Lipinski definition) is 2. The maximum Gasteiger partial charge on any atom is 0.191 e. The quantitative estimate of drug-likeness (QED) is 0.376. The number of nitrogens with one attached hydrogen (secondary N) is 2. The van der Waals surface area contributed by atoms with Gasteiger partial charge in [0, 0.05) is 44.1 Å². The van der Waals surface area contributed by atoms with Gasteiger partial charge >= 0.3 is 0 Å². The van der Waals surface area contributed by atoms with Gasteiger partial charge < -0.3 is 20.4 Å². The Labute approximate surface area is 178 Å². The molecule has 2 aliphatic heterocycles. The van der Waals surface area contributed by atoms with E-state index in [0.717, 1.165) is 35.4 Å². The van der Waals surface area contributed by atoms with Crippen molar-refractivity contribution in [3.05, 3.63) is 11.1 Å². The Kier molecular flexibility index (Phi) is 8.41. The molecule has 2 aliphatic rings. The van der Waals surface area contributed by atoms with E-state index in [1.165, 1.54) is 32.1 Å². The van der Waals surface area contributed by atoms with Crippen LogP contribution in [0.25, 0.3) is 0 Å². The molecule has 2 N–H and O–H groups in total. The molecule has 2 saturated heterocycles. The van der Waals surface area contributed by atoms with Crippen LogP contribution in [0.4, 0.5) is 5.13 Å². The summed E-state index contributed by atoms with van der Waals surface area (Å²) in [5, 5.41) is 10.2. The van der Waals surface area contributed by atoms with Gasteiger partial charge in [0.25, 0.3) is 0 Å². The second kappa shape index (κ2) is 10.1. The molecular formula is C18H33IN6S. The number of halogens is 1. The van der Waals surface area contributed by atoms with Gasteiger partial charge in [-0.15, -0.1) is 35.3 Å². The molecule has 3 rings (SSSR count). The SMILES string of the molecule is CCNC(=NCc1csc(N(C)C)n1)NC1CC2CCCC(C1)N2C.I. The van der Waals surface area contributed by atoms with E-state index in [4.69, 9.17) is 4.99 Å². The zero-order valence-electron chi connectivity index (χ0n) is 16.4. The summed E-state index contributed by atoms with van der Waals surface area (Å²) in [6, 6.07) is 1.99. The van der Waals surface area contributed by atoms with Crippen molar-refractivity contribution in [2.45, 2.75) is 63.7 Å². The summed E-state index contributed by atoms with van der Waals surface area (Å²) in [5.41, 5.74) is 1.03. The molecule has 8 heteroatoms. The minimum Gasteiger partial charge on any atom is -0.357 e. The molecule has 1 aromatic heterocycles. The van der Waals surface area contributed by atoms with E-state index in [2.05, 4.69) is 39.9 Å². The topological polar surface area (TPSA) is 55.8 Å². The van der Waals surface area contributed by atoms with Crippen LogP contribution in [0.1, 0.15) is 44.7 Å². The summed E-state index contributed by atoms with van der Waals surface area (Å²) < 4.78 is 0. The predicted molar refractivity (Wildman–Crippen MR) is 122 cm³/mol. The summed E-state index contributed by atoms with van der Waals surface area (Å²) in [7, 11) is 6.34. The number of guanidine groups is 1. The van der Waals surface area contributed by atoms with Crippen LogP contribution in [-0.2, 0) is 6.54 Å². The lowest BCUT2D eigenvalue weighted by Gasteiger charge is -2.47. The Balaban J connectivity index is 0.00000243. The first-order valence-corrected chi connectivity index (χ1v) is 10.3. The standard InChI is InChI=1S/C18H32N6S.HI/c1-5-19-17(20-11-14-12-25-18(22-14)23(2)3)21-13-9-15-7-6-8-16(10-13)24(15)4;/h12-13,15-16H,5-11H2,1-4H3,(H2,19,20,21);1H. The highest BCUT2D eigenvalue weighted by atomic mass is 127. The average Bonchev–Trinajstić information content (AvgIpc) is 3.03. The maximum atomic E-state index is 4.77. The van der Waals surface area contributed by atoms with Gasteiger partial charge in [-0.3, -0.25) is 0 Å². The molecule has 2 atom stereocenters. The lowest BCUT2D eigenvalue weighted by molar-refractivity contribution is 0.0526. The van der Waals surface area contributed by atoms with Gasteiger partial charge in [-0.2, -0.15) is 0 Å². The van der Waals surface area contributed by atoms with Crippen molar-refractivity contribution in [2.24, 2.45) is 4.99 Å². The Bertz CT molecular complexity index is 576. The molecule has 0 amide bonds. The first kappa shape index (κ1) is 21.7. The third-order valence-corrected chi connectivity index (χ3v) is 6.40. The van der Waals surface area contributed by atoms with Crippen molar-refractivity contribution in [3.63, 3.8) is 0 Å². The molecule has 6 nitrogen and oxygen atoms in total. The van der Waals surface area contributed by atoms with Gasteiger partial charge in [0.2, 0.25) is 0 Å². The fraction of sp³-hybridized carbons (Fsp3) is 0.778. The number of aromatic nitrogens is 1. The minimum absolute atomic E-state index is 0. The second-order valence-electron chi connectivity index (χ2n) is 7.43. The number of hydrogen-bond acceptors (Lipinski definition) is 5. The highest BCUT2D eigenvalue weighted by molar-refractivity contribution is 14.0. The Hall–Kier alpha value is -0.610. The molecule has 0 aromatic carbocycles. The molecule has 0 radical (unpaired) electrons. The number of aliphatic imine (C=N–C) groups is 1. The monoisotopic (exact) mass is 492 g/mol. The Morgan fingerprint density at radius 3 is 2.62 bits per heavy atom. The summed E-state index contributed by atoms with van der Waals surface area (Å²) in [6.45, 7) is 3.62. The van der Waals surface area contributed by atoms with Crippen LogP contribution in [-0.4, -0.2) is 61.7 Å². The Morgan fingerprint density at radius 2 is 2.04 bits per heavy atom. The first-order chi connectivity index (χ1) is 12.1. The van der Waals surface area contributed by atoms with Crippen LogP contribution in [0, 0.1) is 0 Å². The molecular weight excluding hydrogens is 459 g/mol. The van der Waals surface area contributed by atoms with Crippen molar-refractivity contribution in [1.29, 1.82) is 0 Å². The van der Waals surface area contributed by atoms with Crippen LogP contribution in [0.15, 0.2) is 10.4 Å². The van der Waals surface area contributed by atoms with Crippen LogP contribution in [0.3, 0.4) is 0 Å². The fourth-order valence-corrected chi connectivity index (χ4v) is 4.73. The molecule has 1 aromatic rings. The normalized spacial score (nSPS) is 26.2. The van der Waals surface area contributed by atoms with Gasteiger partial charge in [-0.1, -0.05) is 6.42 Å². The average molecular weight is 492 g/mol. The Morgan fingerprint density at radius 1 is 1.35 bits per heavy atom. The van der Waals surface area contributed by atoms with Gasteiger partial charge in [-0.25, -0.2) is 9.98 Å². The fourth-order valence-electron chi connectivity index (χ4n) is 3.98. The van der Waals surface area contributed by atoms with Crippen LogP contribution >= 0.6 is 35.3 Å². The highest BCUT2D eigenvalue weighted by Crippen LogP contribution is 2.32. The number of nitrogens with zero attached hydrogens (tertiary/aromatic N) is 4. The molecule has 148 valence electrons. The lowest BCUT2D eigenvalue weighted by atomic mass is 9.82. The van der Waals surface area contributed by atoms with E-state index < -0.39 is 0 Å². The van der Waals surface area contributed by atoms with E-state index in [-0.39, 0.29) is 24.0 Å². The van der Waals surface area contributed by atoms with E-state index in [1.807, 2.05) is 19.0 Å². The predicted octanol–water partition coefficient (Wildman–Crippen LogP) is 2.90. The van der Waals surface area contributed by atoms with E-state index in [0.29, 0.717) is 12.6 Å². The van der Waals surface area contributed by atoms with Crippen molar-refractivity contribution in [2.75, 3.05) is 32.6 Å². The van der Waals surface area contributed by atoms with E-state index in [1.54, 1.807) is 11.3 Å². The number of thiazole rings is 1. The van der Waals surface area contributed by atoms with Crippen molar-refractivity contribution in [3.8, 4) is 0 Å². The van der Waals surface area contributed by atoms with Crippen LogP contribution in [0.2, 0.25) is 0 Å². The summed E-state index contributed by atoms with van der Waals surface area (Å²) in [4.78, 5) is 14.0. The smallest absolute Gasteiger partial charge is 0.191 e. The summed E-state index contributed by atoms with van der Waals surface area (Å²) >= 11 is 1.67. The summed E-state index contributed by atoms with van der Waals surface area (Å²) in [6.07, 6.45) is 6.51. The lowest BCUT2D eigenvalue weighted by Crippen LogP contribution is -2.56. The highest BCUT2D eigenvalue weighted by Gasteiger charge is 2.36. The van der Waals surface area contributed by atoms with Crippen molar-refractivity contribution < 1.29 is 0 Å². The molecule has 0 saturated carbocycles. The van der Waals surface area contributed by atoms with Crippen molar-refractivity contribution in [1.82, 2.24) is 20.5 Å². The van der Waals surface area contributed by atoms with Gasteiger partial charge in [0.15, 0.2) is 11.1 Å². The zero-order chi connectivity index (χ0) is 17.8. The minimum atomic E-state index is 0. The second-order valence-corrected chi connectivity index (χ2v) is 8.26. The van der Waals surface area contributed by atoms with Gasteiger partial charge in [0.1, 0.15) is 0 Å². The largest absolute Gasteiger partial charge is 0.357 e. The first-order valence-electron chi connectivity index (χ1n) is 9.45. The van der Waals surface area contributed by atoms with Crippen molar-refractivity contribution >= 4 is 46.4 Å². The molecule has 2 unspecified atom stereocenters. The number of anilines is 1. The molecule has 2 fully saturated rings. The van der Waals surface area contributed by atoms with Crippen LogP contribution < -0.4 is 15.5 Å².